The Hall–Kier alpha value is -2.92. The summed E-state index contributed by atoms with van der Waals surface area (Å²) < 4.78 is 55.0. The van der Waals surface area contributed by atoms with Crippen molar-refractivity contribution in [3.8, 4) is 0 Å². The smallest absolute Gasteiger partial charge is 0.307 e. The normalized spacial score (nSPS) is 32.0. The van der Waals surface area contributed by atoms with Gasteiger partial charge in [-0.05, 0) is 54.0 Å². The van der Waals surface area contributed by atoms with Crippen molar-refractivity contribution in [2.75, 3.05) is 4.90 Å². The summed E-state index contributed by atoms with van der Waals surface area (Å²) in [5, 5.41) is 0.610. The van der Waals surface area contributed by atoms with Crippen molar-refractivity contribution in [3.63, 3.8) is 0 Å². The number of fused-ring (bicyclic) bond motifs is 9. The molecule has 2 amide bonds. The van der Waals surface area contributed by atoms with Gasteiger partial charge >= 0.3 is 11.0 Å². The number of benzene rings is 2. The summed E-state index contributed by atoms with van der Waals surface area (Å²) in [7, 11) is 0. The standard InChI is InChI=1S/C26H18F4N2O3S2/c27-11-7-5-10(6-8-11)16-17-12-9-13(20(17)36-22-21(16)37-25(35)31-22)19-18(12)23(33)32(24(19)34)15-4-2-1-3-14(15)26(28,29)30/h1-8,12-13,16-20H,9H2,(H,31,35)/t12-,13-,16+,17+,18+,19+,20-/m1/s1. The van der Waals surface area contributed by atoms with Crippen LogP contribution in [0.5, 0.6) is 0 Å². The maximum Gasteiger partial charge on any atom is 0.418 e. The van der Waals surface area contributed by atoms with E-state index in [1.807, 2.05) is 0 Å². The van der Waals surface area contributed by atoms with Crippen molar-refractivity contribution in [2.45, 2.75) is 28.8 Å². The first kappa shape index (κ1) is 23.2. The highest BCUT2D eigenvalue weighted by Gasteiger charge is 2.70. The van der Waals surface area contributed by atoms with Crippen molar-refractivity contribution in [2.24, 2.45) is 29.6 Å². The number of thiazole rings is 1. The summed E-state index contributed by atoms with van der Waals surface area (Å²) in [6.07, 6.45) is -4.10. The number of alkyl halides is 3. The highest BCUT2D eigenvalue weighted by molar-refractivity contribution is 8.00. The van der Waals surface area contributed by atoms with Crippen molar-refractivity contribution < 1.29 is 27.2 Å². The van der Waals surface area contributed by atoms with Crippen molar-refractivity contribution >= 4 is 40.6 Å². The number of carbonyl (C=O) groups is 2. The molecule has 2 aliphatic carbocycles. The largest absolute Gasteiger partial charge is 0.418 e. The van der Waals surface area contributed by atoms with Gasteiger partial charge in [0.25, 0.3) is 0 Å². The molecule has 4 aliphatic rings. The van der Waals surface area contributed by atoms with E-state index >= 15 is 0 Å². The van der Waals surface area contributed by atoms with Gasteiger partial charge in [-0.2, -0.15) is 13.2 Å². The van der Waals surface area contributed by atoms with Crippen molar-refractivity contribution in [1.82, 2.24) is 4.98 Å². The van der Waals surface area contributed by atoms with Gasteiger partial charge in [-0.25, -0.2) is 9.29 Å². The molecule has 2 aromatic carbocycles. The number of anilines is 1. The SMILES string of the molecule is O=C1[C@H]2[C@H]3C[C@@H]([C@@H]2C(=O)N1c1ccccc1C(F)(F)F)[C@H]1[C@H](c2ccc(F)cc2)c2sc(=O)[nH]c2S[C@H]31. The Morgan fingerprint density at radius 3 is 2.30 bits per heavy atom. The van der Waals surface area contributed by atoms with Crippen LogP contribution in [0.15, 0.2) is 58.4 Å². The second-order valence-electron chi connectivity index (χ2n) is 10.0. The first-order chi connectivity index (χ1) is 17.6. The Balaban J connectivity index is 1.32. The first-order valence-corrected chi connectivity index (χ1v) is 13.5. The zero-order chi connectivity index (χ0) is 25.8. The number of thioether (sulfide) groups is 1. The quantitative estimate of drug-likeness (QED) is 0.351. The molecule has 0 spiro atoms. The fourth-order valence-electron chi connectivity index (χ4n) is 7.21. The van der Waals surface area contributed by atoms with Crippen molar-refractivity contribution in [1.29, 1.82) is 0 Å². The molecule has 2 bridgehead atoms. The topological polar surface area (TPSA) is 70.2 Å². The third-order valence-electron chi connectivity index (χ3n) is 8.40. The molecular weight excluding hydrogens is 528 g/mol. The summed E-state index contributed by atoms with van der Waals surface area (Å²) in [4.78, 5) is 43.8. The number of aromatic amines is 1. The van der Waals surface area contributed by atoms with Gasteiger partial charge in [-0.15, -0.1) is 11.8 Å². The second-order valence-corrected chi connectivity index (χ2v) is 12.2. The minimum Gasteiger partial charge on any atom is -0.307 e. The number of aromatic nitrogens is 1. The Bertz CT molecular complexity index is 1510. The fourth-order valence-corrected chi connectivity index (χ4v) is 10.1. The van der Waals surface area contributed by atoms with E-state index in [1.165, 1.54) is 42.1 Å². The lowest BCUT2D eigenvalue weighted by Gasteiger charge is -2.43. The Kier molecular flexibility index (Phi) is 4.89. The van der Waals surface area contributed by atoms with Crippen LogP contribution in [0.3, 0.4) is 0 Å². The number of H-pyrrole nitrogens is 1. The van der Waals surface area contributed by atoms with Crippen LogP contribution in [0.1, 0.15) is 28.3 Å². The lowest BCUT2D eigenvalue weighted by atomic mass is 9.68. The molecule has 7 rings (SSSR count). The zero-order valence-corrected chi connectivity index (χ0v) is 20.5. The minimum atomic E-state index is -4.72. The van der Waals surface area contributed by atoms with Crippen LogP contribution in [0.2, 0.25) is 0 Å². The number of para-hydroxylation sites is 1. The highest BCUT2D eigenvalue weighted by Crippen LogP contribution is 2.68. The lowest BCUT2D eigenvalue weighted by molar-refractivity contribution is -0.137. The molecule has 0 radical (unpaired) electrons. The number of nitrogens with one attached hydrogen (secondary N) is 1. The van der Waals surface area contributed by atoms with E-state index in [-0.39, 0.29) is 33.8 Å². The molecule has 3 aromatic rings. The molecule has 190 valence electrons. The zero-order valence-electron chi connectivity index (χ0n) is 18.9. The van der Waals surface area contributed by atoms with Gasteiger partial charge in [-0.1, -0.05) is 35.6 Å². The number of rotatable bonds is 2. The van der Waals surface area contributed by atoms with Crippen LogP contribution in [-0.4, -0.2) is 22.0 Å². The number of hydrogen-bond acceptors (Lipinski definition) is 5. The van der Waals surface area contributed by atoms with Gasteiger partial charge in [-0.3, -0.25) is 14.4 Å². The van der Waals surface area contributed by atoms with E-state index in [1.54, 1.807) is 12.1 Å². The van der Waals surface area contributed by atoms with E-state index in [0.29, 0.717) is 11.4 Å². The molecule has 5 nitrogen and oxygen atoms in total. The van der Waals surface area contributed by atoms with Crippen LogP contribution >= 0.6 is 23.1 Å². The van der Waals surface area contributed by atoms with Gasteiger partial charge in [0.05, 0.1) is 28.1 Å². The molecule has 3 fully saturated rings. The average molecular weight is 547 g/mol. The maximum atomic E-state index is 13.8. The van der Waals surface area contributed by atoms with E-state index in [9.17, 15) is 31.9 Å². The number of hydrogen-bond donors (Lipinski definition) is 1. The van der Waals surface area contributed by atoms with Gasteiger partial charge < -0.3 is 4.98 Å². The van der Waals surface area contributed by atoms with Crippen LogP contribution in [0.25, 0.3) is 0 Å². The average Bonchev–Trinajstić information content (AvgIpc) is 3.58. The molecule has 11 heteroatoms. The van der Waals surface area contributed by atoms with Crippen LogP contribution in [0, 0.1) is 35.4 Å². The van der Waals surface area contributed by atoms with E-state index in [4.69, 9.17) is 0 Å². The monoisotopic (exact) mass is 546 g/mol. The van der Waals surface area contributed by atoms with Gasteiger partial charge in [0.2, 0.25) is 11.8 Å². The van der Waals surface area contributed by atoms with Crippen molar-refractivity contribution in [3.05, 3.63) is 80.0 Å². The number of amides is 2. The Morgan fingerprint density at radius 2 is 1.59 bits per heavy atom. The van der Waals surface area contributed by atoms with Crippen LogP contribution < -0.4 is 9.77 Å². The molecular formula is C26H18F4N2O3S2. The Labute approximate surface area is 215 Å². The Morgan fingerprint density at radius 1 is 0.919 bits per heavy atom. The highest BCUT2D eigenvalue weighted by atomic mass is 32.2. The minimum absolute atomic E-state index is 0.103. The van der Waals surface area contributed by atoms with E-state index < -0.39 is 46.9 Å². The molecule has 7 atom stereocenters. The van der Waals surface area contributed by atoms with Gasteiger partial charge in [0, 0.05) is 16.0 Å². The molecule has 2 saturated carbocycles. The summed E-state index contributed by atoms with van der Waals surface area (Å²) >= 11 is 2.58. The summed E-state index contributed by atoms with van der Waals surface area (Å²) in [6.45, 7) is 0. The molecule has 3 heterocycles. The number of nitrogens with zero attached hydrogens (tertiary/aromatic N) is 1. The second kappa shape index (κ2) is 7.80. The predicted octanol–water partition coefficient (Wildman–Crippen LogP) is 5.27. The van der Waals surface area contributed by atoms with Gasteiger partial charge in [0.15, 0.2) is 0 Å². The molecule has 37 heavy (non-hydrogen) atoms. The first-order valence-electron chi connectivity index (χ1n) is 11.8. The molecule has 1 aromatic heterocycles. The molecule has 0 unspecified atom stereocenters. The lowest BCUT2D eigenvalue weighted by Crippen LogP contribution is -2.42. The number of imide groups is 1. The fraction of sp³-hybridized carbons (Fsp3) is 0.346. The predicted molar refractivity (Wildman–Crippen MR) is 129 cm³/mol. The van der Waals surface area contributed by atoms with E-state index in [2.05, 4.69) is 4.98 Å². The number of halogens is 4. The van der Waals surface area contributed by atoms with Gasteiger partial charge in [0.1, 0.15) is 5.82 Å². The van der Waals surface area contributed by atoms with E-state index in [0.717, 1.165) is 32.7 Å². The summed E-state index contributed by atoms with van der Waals surface area (Å²) in [5.74, 6) is -3.84. The molecule has 1 saturated heterocycles. The number of carbonyl (C=O) groups excluding carboxylic acids is 2. The third-order valence-corrected chi connectivity index (χ3v) is 11.0. The maximum absolute atomic E-state index is 13.8. The van der Waals surface area contributed by atoms with Crippen LogP contribution in [-0.2, 0) is 15.8 Å². The molecule has 2 aliphatic heterocycles. The van der Waals surface area contributed by atoms with Crippen LogP contribution in [0.4, 0.5) is 23.2 Å². The third kappa shape index (κ3) is 3.19. The molecule has 1 N–H and O–H groups in total. The summed E-state index contributed by atoms with van der Waals surface area (Å²) in [5.41, 5.74) is -0.624. The summed E-state index contributed by atoms with van der Waals surface area (Å²) in [6, 6.07) is 10.8.